The summed E-state index contributed by atoms with van der Waals surface area (Å²) in [4.78, 5) is 23.1. The normalized spacial score (nSPS) is 13.9. The van der Waals surface area contributed by atoms with E-state index in [1.54, 1.807) is 6.92 Å². The molecule has 1 amide bonds. The number of nitrogens with one attached hydrogen (secondary N) is 1. The van der Waals surface area contributed by atoms with Crippen molar-refractivity contribution in [3.63, 3.8) is 0 Å². The van der Waals surface area contributed by atoms with Crippen molar-refractivity contribution in [3.05, 3.63) is 35.9 Å². The molecule has 0 saturated carbocycles. The first kappa shape index (κ1) is 18.0. The molecule has 122 valence electrons. The molecule has 0 aliphatic rings. The van der Waals surface area contributed by atoms with Gasteiger partial charge in [-0.1, -0.05) is 30.3 Å². The van der Waals surface area contributed by atoms with Gasteiger partial charge in [-0.2, -0.15) is 0 Å². The van der Waals surface area contributed by atoms with Crippen LogP contribution in [0.15, 0.2) is 30.3 Å². The van der Waals surface area contributed by atoms with Crippen molar-refractivity contribution in [3.8, 4) is 0 Å². The fraction of sp³-hybridized carbons (Fsp3) is 0.529. The van der Waals surface area contributed by atoms with Crippen LogP contribution in [0.3, 0.4) is 0 Å². The minimum Gasteiger partial charge on any atom is -0.463 e. The van der Waals surface area contributed by atoms with Crippen molar-refractivity contribution >= 4 is 12.1 Å². The number of esters is 1. The van der Waals surface area contributed by atoms with Gasteiger partial charge in [0.05, 0.1) is 6.04 Å². The molecule has 0 aromatic heterocycles. The second-order valence-electron chi connectivity index (χ2n) is 6.27. The van der Waals surface area contributed by atoms with Gasteiger partial charge in [-0.25, -0.2) is 4.79 Å². The summed E-state index contributed by atoms with van der Waals surface area (Å²) in [5.74, 6) is -0.337. The van der Waals surface area contributed by atoms with E-state index in [1.807, 2.05) is 51.1 Å². The Hall–Kier alpha value is -2.04. The molecule has 1 N–H and O–H groups in total. The topological polar surface area (TPSA) is 64.6 Å². The molecular weight excluding hydrogens is 282 g/mol. The van der Waals surface area contributed by atoms with Crippen molar-refractivity contribution in [1.82, 2.24) is 5.32 Å². The number of carbonyl (C=O) groups excluding carboxylic acids is 2. The number of ether oxygens (including phenoxy) is 2. The SMILES string of the molecule is CC(=O)O[C@H](C)C[C@H](NC(=O)OC(C)(C)C)c1ccccc1. The van der Waals surface area contributed by atoms with E-state index in [0.717, 1.165) is 5.56 Å². The van der Waals surface area contributed by atoms with E-state index in [2.05, 4.69) is 5.32 Å². The second kappa shape index (κ2) is 7.82. The Morgan fingerprint density at radius 3 is 2.27 bits per heavy atom. The van der Waals surface area contributed by atoms with Crippen molar-refractivity contribution in [2.45, 2.75) is 58.8 Å². The molecule has 1 rings (SSSR count). The lowest BCUT2D eigenvalue weighted by Crippen LogP contribution is -2.36. The number of carbonyl (C=O) groups is 2. The Labute approximate surface area is 132 Å². The van der Waals surface area contributed by atoms with Crippen LogP contribution in [-0.4, -0.2) is 23.8 Å². The van der Waals surface area contributed by atoms with E-state index < -0.39 is 11.7 Å². The first-order valence-electron chi connectivity index (χ1n) is 7.39. The van der Waals surface area contributed by atoms with Crippen LogP contribution in [0.4, 0.5) is 4.79 Å². The van der Waals surface area contributed by atoms with E-state index in [4.69, 9.17) is 9.47 Å². The quantitative estimate of drug-likeness (QED) is 0.844. The van der Waals surface area contributed by atoms with E-state index >= 15 is 0 Å². The van der Waals surface area contributed by atoms with Gasteiger partial charge in [0.15, 0.2) is 0 Å². The van der Waals surface area contributed by atoms with Crippen molar-refractivity contribution in [1.29, 1.82) is 0 Å². The third kappa shape index (κ3) is 7.11. The fourth-order valence-corrected chi connectivity index (χ4v) is 2.08. The average Bonchev–Trinajstić information content (AvgIpc) is 2.35. The number of alkyl carbamates (subject to hydrolysis) is 1. The molecule has 0 aliphatic carbocycles. The summed E-state index contributed by atoms with van der Waals surface area (Å²) < 4.78 is 10.4. The highest BCUT2D eigenvalue weighted by molar-refractivity contribution is 5.68. The Balaban J connectivity index is 2.79. The average molecular weight is 307 g/mol. The lowest BCUT2D eigenvalue weighted by atomic mass is 10.0. The Bertz CT molecular complexity index is 493. The molecular formula is C17H25NO4. The minimum absolute atomic E-state index is 0.287. The van der Waals surface area contributed by atoms with Crippen LogP contribution >= 0.6 is 0 Å². The summed E-state index contributed by atoms with van der Waals surface area (Å²) in [6, 6.07) is 9.25. The van der Waals surface area contributed by atoms with Crippen LogP contribution in [0.25, 0.3) is 0 Å². The van der Waals surface area contributed by atoms with Crippen LogP contribution in [0.2, 0.25) is 0 Å². The number of rotatable bonds is 5. The van der Waals surface area contributed by atoms with E-state index in [-0.39, 0.29) is 18.1 Å². The molecule has 0 saturated heterocycles. The van der Waals surface area contributed by atoms with Gasteiger partial charge in [-0.05, 0) is 33.3 Å². The molecule has 5 heteroatoms. The van der Waals surface area contributed by atoms with Crippen LogP contribution in [0, 0.1) is 0 Å². The maximum Gasteiger partial charge on any atom is 0.408 e. The number of hydrogen-bond donors (Lipinski definition) is 1. The van der Waals surface area contributed by atoms with Gasteiger partial charge in [-0.15, -0.1) is 0 Å². The summed E-state index contributed by atoms with van der Waals surface area (Å²) in [5.41, 5.74) is 0.375. The van der Waals surface area contributed by atoms with E-state index in [1.165, 1.54) is 6.92 Å². The van der Waals surface area contributed by atoms with Crippen molar-refractivity contribution in [2.75, 3.05) is 0 Å². The highest BCUT2D eigenvalue weighted by Gasteiger charge is 2.22. The molecule has 22 heavy (non-hydrogen) atoms. The smallest absolute Gasteiger partial charge is 0.408 e. The first-order valence-corrected chi connectivity index (χ1v) is 7.39. The molecule has 0 unspecified atom stereocenters. The molecule has 0 bridgehead atoms. The van der Waals surface area contributed by atoms with Gasteiger partial charge in [-0.3, -0.25) is 4.79 Å². The summed E-state index contributed by atoms with van der Waals surface area (Å²) >= 11 is 0. The third-order valence-corrected chi connectivity index (χ3v) is 2.83. The number of amides is 1. The summed E-state index contributed by atoms with van der Waals surface area (Å²) in [6.45, 7) is 8.60. The first-order chi connectivity index (χ1) is 10.2. The Morgan fingerprint density at radius 1 is 1.18 bits per heavy atom. The third-order valence-electron chi connectivity index (χ3n) is 2.83. The van der Waals surface area contributed by atoms with Gasteiger partial charge in [0.2, 0.25) is 0 Å². The molecule has 0 fully saturated rings. The maximum absolute atomic E-state index is 12.0. The maximum atomic E-state index is 12.0. The second-order valence-corrected chi connectivity index (χ2v) is 6.27. The van der Waals surface area contributed by atoms with Crippen molar-refractivity contribution < 1.29 is 19.1 Å². The molecule has 5 nitrogen and oxygen atoms in total. The largest absolute Gasteiger partial charge is 0.463 e. The molecule has 2 atom stereocenters. The standard InChI is InChI=1S/C17H25NO4/c1-12(21-13(2)19)11-15(14-9-7-6-8-10-14)18-16(20)22-17(3,4)5/h6-10,12,15H,11H2,1-5H3,(H,18,20)/t12-,15+/m1/s1. The van der Waals surface area contributed by atoms with Crippen LogP contribution in [-0.2, 0) is 14.3 Å². The van der Waals surface area contributed by atoms with Crippen LogP contribution in [0.1, 0.15) is 52.6 Å². The fourth-order valence-electron chi connectivity index (χ4n) is 2.08. The number of hydrogen-bond acceptors (Lipinski definition) is 4. The summed E-state index contributed by atoms with van der Waals surface area (Å²) in [7, 11) is 0. The monoisotopic (exact) mass is 307 g/mol. The highest BCUT2D eigenvalue weighted by atomic mass is 16.6. The lowest BCUT2D eigenvalue weighted by Gasteiger charge is -2.25. The van der Waals surface area contributed by atoms with E-state index in [9.17, 15) is 9.59 Å². The molecule has 1 aromatic rings. The molecule has 0 aliphatic heterocycles. The van der Waals surface area contributed by atoms with Crippen LogP contribution in [0.5, 0.6) is 0 Å². The highest BCUT2D eigenvalue weighted by Crippen LogP contribution is 2.20. The molecule has 1 aromatic carbocycles. The number of benzene rings is 1. The predicted molar refractivity (Wildman–Crippen MR) is 84.4 cm³/mol. The van der Waals surface area contributed by atoms with Gasteiger partial charge in [0, 0.05) is 13.3 Å². The summed E-state index contributed by atoms with van der Waals surface area (Å²) in [5, 5.41) is 2.84. The Morgan fingerprint density at radius 2 is 1.77 bits per heavy atom. The molecule has 0 radical (unpaired) electrons. The molecule has 0 spiro atoms. The van der Waals surface area contributed by atoms with Crippen LogP contribution < -0.4 is 5.32 Å². The Kier molecular flexibility index (Phi) is 6.40. The van der Waals surface area contributed by atoms with Gasteiger partial charge in [0.25, 0.3) is 0 Å². The zero-order valence-electron chi connectivity index (χ0n) is 13.9. The van der Waals surface area contributed by atoms with Gasteiger partial charge in [0.1, 0.15) is 11.7 Å². The van der Waals surface area contributed by atoms with Gasteiger partial charge < -0.3 is 14.8 Å². The van der Waals surface area contributed by atoms with Crippen molar-refractivity contribution in [2.24, 2.45) is 0 Å². The zero-order valence-corrected chi connectivity index (χ0v) is 13.9. The van der Waals surface area contributed by atoms with Gasteiger partial charge >= 0.3 is 12.1 Å². The minimum atomic E-state index is -0.563. The van der Waals surface area contributed by atoms with E-state index in [0.29, 0.717) is 6.42 Å². The predicted octanol–water partition coefficient (Wildman–Crippen LogP) is 3.59. The molecule has 0 heterocycles. The lowest BCUT2D eigenvalue weighted by molar-refractivity contribution is -0.145. The summed E-state index contributed by atoms with van der Waals surface area (Å²) in [6.07, 6.45) is -0.322. The zero-order chi connectivity index (χ0) is 16.8.